The van der Waals surface area contributed by atoms with Gasteiger partial charge in [-0.15, -0.1) is 11.3 Å². The molecule has 5 atom stereocenters. The molecule has 244 valence electrons. The maximum absolute atomic E-state index is 14.8. The summed E-state index contributed by atoms with van der Waals surface area (Å²) < 4.78 is 15.7. The fourth-order valence-corrected chi connectivity index (χ4v) is 7.34. The Bertz CT molecular complexity index is 1450. The molecular weight excluding hydrogens is 612 g/mol. The minimum Gasteiger partial charge on any atom is -0.370 e. The van der Waals surface area contributed by atoms with Gasteiger partial charge in [-0.05, 0) is 80.4 Å². The van der Waals surface area contributed by atoms with Crippen molar-refractivity contribution in [2.24, 2.45) is 5.92 Å². The summed E-state index contributed by atoms with van der Waals surface area (Å²) in [5, 5.41) is 1.92. The van der Waals surface area contributed by atoms with E-state index in [9.17, 15) is 23.7 Å². The minimum atomic E-state index is -1.80. The van der Waals surface area contributed by atoms with E-state index in [1.807, 2.05) is 4.90 Å². The molecule has 12 heteroatoms. The van der Waals surface area contributed by atoms with Crippen LogP contribution in [-0.4, -0.2) is 81.3 Å². The molecular formula is C33H45FN5O4PS. The molecule has 3 aliphatic heterocycles. The lowest BCUT2D eigenvalue weighted by Gasteiger charge is -2.34. The summed E-state index contributed by atoms with van der Waals surface area (Å²) in [5.41, 5.74) is 0.406. The van der Waals surface area contributed by atoms with Crippen molar-refractivity contribution in [3.8, 4) is 0 Å². The summed E-state index contributed by atoms with van der Waals surface area (Å²) >= 11 is 1.33. The highest BCUT2D eigenvalue weighted by atomic mass is 32.1. The molecule has 9 nitrogen and oxygen atoms in total. The zero-order valence-electron chi connectivity index (χ0n) is 26.8. The van der Waals surface area contributed by atoms with E-state index in [1.165, 1.54) is 31.3 Å². The van der Waals surface area contributed by atoms with Gasteiger partial charge in [0.2, 0.25) is 12.3 Å². The molecule has 3 unspecified atom stereocenters. The van der Waals surface area contributed by atoms with E-state index in [0.29, 0.717) is 34.7 Å². The number of thiophene rings is 1. The molecule has 3 saturated heterocycles. The lowest BCUT2D eigenvalue weighted by molar-refractivity contribution is -0.133. The number of rotatable bonds is 6. The normalized spacial score (nSPS) is 23.3. The number of carbonyl (C=O) groups is 3. The SMILES string of the molecule is CC1CC[C@H](NC(=O)c2cc3cc(C(C)(F)P(C)O)ccc3s2)C(=O)N2CCC[C@H]12.CCC.O=CN1CC(c2ncccn2)C1. The second kappa shape index (κ2) is 15.5. The molecule has 0 aliphatic carbocycles. The lowest BCUT2D eigenvalue weighted by Crippen LogP contribution is -2.48. The van der Waals surface area contributed by atoms with Gasteiger partial charge in [0, 0.05) is 42.8 Å². The highest BCUT2D eigenvalue weighted by molar-refractivity contribution is 7.51. The highest BCUT2D eigenvalue weighted by Gasteiger charge is 2.40. The Morgan fingerprint density at radius 3 is 2.53 bits per heavy atom. The second-order valence-corrected chi connectivity index (χ2v) is 15.2. The van der Waals surface area contributed by atoms with Crippen molar-refractivity contribution in [3.63, 3.8) is 0 Å². The Hall–Kier alpha value is -3.01. The lowest BCUT2D eigenvalue weighted by atomic mass is 9.95. The molecule has 45 heavy (non-hydrogen) atoms. The standard InChI is InChI=1S/C22H28FN2O3PS.C8H9N3O.C3H8/c1-13-6-8-16(21(27)25-10-4-5-17(13)25)24-20(26)19-12-14-11-15(7-9-18(14)30-19)22(2,23)29(3)28;12-6-11-4-7(5-11)8-9-2-1-3-10-8;1-3-2/h7,9,11-13,16-17,28H,4-6,8,10H2,1-3H3,(H,24,26);1-3,6-7H,4-5H2;3H2,1-2H3/t13?,16-,17+,22?,29?;;/m0../s1. The van der Waals surface area contributed by atoms with E-state index in [-0.39, 0.29) is 11.8 Å². The van der Waals surface area contributed by atoms with Gasteiger partial charge in [-0.1, -0.05) is 33.3 Å². The van der Waals surface area contributed by atoms with Crippen molar-refractivity contribution in [3.05, 3.63) is 59.0 Å². The van der Waals surface area contributed by atoms with E-state index in [0.717, 1.165) is 61.2 Å². The maximum atomic E-state index is 14.8. The molecule has 0 radical (unpaired) electrons. The zero-order valence-corrected chi connectivity index (χ0v) is 28.5. The van der Waals surface area contributed by atoms with Crippen molar-refractivity contribution < 1.29 is 23.7 Å². The molecule has 5 heterocycles. The first-order valence-electron chi connectivity index (χ1n) is 15.7. The van der Waals surface area contributed by atoms with Crippen molar-refractivity contribution in [2.75, 3.05) is 26.3 Å². The summed E-state index contributed by atoms with van der Waals surface area (Å²) in [5.74, 6) is 1.41. The Morgan fingerprint density at radius 2 is 1.89 bits per heavy atom. The van der Waals surface area contributed by atoms with Crippen molar-refractivity contribution in [1.29, 1.82) is 0 Å². The number of alkyl halides is 1. The third-order valence-electron chi connectivity index (χ3n) is 8.64. The van der Waals surface area contributed by atoms with Gasteiger partial charge in [0.15, 0.2) is 5.41 Å². The van der Waals surface area contributed by atoms with Crippen LogP contribution < -0.4 is 5.32 Å². The largest absolute Gasteiger partial charge is 0.370 e. The van der Waals surface area contributed by atoms with Gasteiger partial charge in [0.1, 0.15) is 11.9 Å². The van der Waals surface area contributed by atoms with Crippen LogP contribution in [0.25, 0.3) is 10.1 Å². The van der Waals surface area contributed by atoms with E-state index in [2.05, 4.69) is 36.1 Å². The van der Waals surface area contributed by atoms with Gasteiger partial charge in [-0.3, -0.25) is 14.4 Å². The number of fused-ring (bicyclic) bond motifs is 2. The fraction of sp³-hybridized carbons (Fsp3) is 0.545. The Labute approximate surface area is 270 Å². The van der Waals surface area contributed by atoms with Gasteiger partial charge in [0.05, 0.1) is 18.9 Å². The van der Waals surface area contributed by atoms with E-state index < -0.39 is 19.6 Å². The highest BCUT2D eigenvalue weighted by Crippen LogP contribution is 2.51. The first kappa shape index (κ1) is 34.9. The minimum absolute atomic E-state index is 0.0334. The number of nitrogens with zero attached hydrogens (tertiary/aromatic N) is 4. The van der Waals surface area contributed by atoms with Crippen LogP contribution in [0, 0.1) is 5.92 Å². The quantitative estimate of drug-likeness (QED) is 0.247. The molecule has 3 aliphatic rings. The van der Waals surface area contributed by atoms with E-state index in [1.54, 1.807) is 47.6 Å². The maximum Gasteiger partial charge on any atom is 0.262 e. The number of carbonyl (C=O) groups excluding carboxylic acids is 3. The molecule has 3 fully saturated rings. The van der Waals surface area contributed by atoms with Crippen LogP contribution in [-0.2, 0) is 15.0 Å². The number of benzene rings is 1. The van der Waals surface area contributed by atoms with Gasteiger partial charge in [-0.25, -0.2) is 14.4 Å². The Kier molecular flexibility index (Phi) is 12.0. The van der Waals surface area contributed by atoms with Crippen molar-refractivity contribution in [1.82, 2.24) is 25.1 Å². The summed E-state index contributed by atoms with van der Waals surface area (Å²) in [6.07, 6.45) is 9.22. The van der Waals surface area contributed by atoms with Crippen molar-refractivity contribution >= 4 is 47.8 Å². The molecule has 0 saturated carbocycles. The third kappa shape index (κ3) is 8.23. The number of amides is 3. The second-order valence-electron chi connectivity index (χ2n) is 12.2. The van der Waals surface area contributed by atoms with Crippen LogP contribution in [0.3, 0.4) is 0 Å². The topological polar surface area (TPSA) is 116 Å². The van der Waals surface area contributed by atoms with Crippen molar-refractivity contribution in [2.45, 2.75) is 83.2 Å². The first-order valence-corrected chi connectivity index (χ1v) is 18.3. The predicted molar refractivity (Wildman–Crippen MR) is 178 cm³/mol. The molecule has 3 aromatic rings. The van der Waals surface area contributed by atoms with Gasteiger partial charge in [0.25, 0.3) is 5.91 Å². The molecule has 6 rings (SSSR count). The average Bonchev–Trinajstić information content (AvgIpc) is 3.65. The smallest absolute Gasteiger partial charge is 0.262 e. The number of likely N-dealkylation sites (tertiary alicyclic amines) is 1. The first-order chi connectivity index (χ1) is 21.5. The monoisotopic (exact) mass is 657 g/mol. The van der Waals surface area contributed by atoms with Crippen LogP contribution in [0.2, 0.25) is 0 Å². The Morgan fingerprint density at radius 1 is 1.20 bits per heavy atom. The van der Waals surface area contributed by atoms with E-state index in [4.69, 9.17) is 0 Å². The number of halogens is 1. The summed E-state index contributed by atoms with van der Waals surface area (Å²) in [6.45, 7) is 11.6. The van der Waals surface area contributed by atoms with Crippen LogP contribution in [0.1, 0.15) is 86.8 Å². The van der Waals surface area contributed by atoms with Crippen LogP contribution >= 0.6 is 19.5 Å². The summed E-state index contributed by atoms with van der Waals surface area (Å²) in [7, 11) is -1.79. The molecule has 2 aromatic heterocycles. The third-order valence-corrected chi connectivity index (χ3v) is 11.2. The van der Waals surface area contributed by atoms with Gasteiger partial charge < -0.3 is 20.0 Å². The number of hydrogen-bond donors (Lipinski definition) is 2. The van der Waals surface area contributed by atoms with E-state index >= 15 is 0 Å². The Balaban J connectivity index is 0.000000254. The molecule has 0 bridgehead atoms. The summed E-state index contributed by atoms with van der Waals surface area (Å²) in [4.78, 5) is 58.4. The number of nitrogens with one attached hydrogen (secondary N) is 1. The zero-order chi connectivity index (χ0) is 32.7. The molecule has 1 aromatic carbocycles. The predicted octanol–water partition coefficient (Wildman–Crippen LogP) is 6.03. The van der Waals surface area contributed by atoms with Crippen LogP contribution in [0.5, 0.6) is 0 Å². The molecule has 3 amide bonds. The number of aromatic nitrogens is 2. The van der Waals surface area contributed by atoms with Gasteiger partial charge >= 0.3 is 0 Å². The fourth-order valence-electron chi connectivity index (χ4n) is 5.88. The van der Waals surface area contributed by atoms with Crippen LogP contribution in [0.15, 0.2) is 42.7 Å². The number of hydrogen-bond acceptors (Lipinski definition) is 7. The summed E-state index contributed by atoms with van der Waals surface area (Å²) in [6, 6.07) is 8.50. The average molecular weight is 658 g/mol. The molecule has 0 spiro atoms. The van der Waals surface area contributed by atoms with Crippen LogP contribution in [0.4, 0.5) is 4.39 Å². The van der Waals surface area contributed by atoms with Gasteiger partial charge in [-0.2, -0.15) is 0 Å². The molecule has 2 N–H and O–H groups in total.